The standard InChI is InChI=1S/C5H6N2O3/c1-3(8)4(2-7-6)5(9)10/h2,4,6H,1H3/p+1. The first kappa shape index (κ1) is 8.52. The highest BCUT2D eigenvalue weighted by atomic mass is 16.4. The number of nitrogens with one attached hydrogen (secondary N) is 1. The van der Waals surface area contributed by atoms with Crippen LogP contribution in [0.25, 0.3) is 0 Å². The van der Waals surface area contributed by atoms with Gasteiger partial charge in [-0.15, -0.1) is 0 Å². The van der Waals surface area contributed by atoms with Crippen molar-refractivity contribution in [3.63, 3.8) is 0 Å². The summed E-state index contributed by atoms with van der Waals surface area (Å²) in [6, 6.07) is 0. The molecule has 2 N–H and O–H groups in total. The maximum Gasteiger partial charge on any atom is 0.328 e. The minimum atomic E-state index is -1.27. The SMILES string of the molecule is CC(=O)C(C=[N+]=N)C(=O)O. The molecular formula is C5H7N2O3+. The Kier molecular flexibility index (Phi) is 3.01. The normalized spacial score (nSPS) is 11.3. The number of rotatable bonds is 3. The van der Waals surface area contributed by atoms with Crippen LogP contribution in [-0.4, -0.2) is 27.9 Å². The van der Waals surface area contributed by atoms with Crippen molar-refractivity contribution in [1.82, 2.24) is 0 Å². The van der Waals surface area contributed by atoms with Gasteiger partial charge in [-0.25, -0.2) is 0 Å². The molecule has 0 aromatic heterocycles. The third kappa shape index (κ3) is 2.19. The molecule has 0 saturated heterocycles. The Morgan fingerprint density at radius 2 is 2.20 bits per heavy atom. The van der Waals surface area contributed by atoms with E-state index in [0.29, 0.717) is 0 Å². The summed E-state index contributed by atoms with van der Waals surface area (Å²) in [6.07, 6.45) is 0.782. The molecular weight excluding hydrogens is 136 g/mol. The van der Waals surface area contributed by atoms with Crippen molar-refractivity contribution >= 4 is 18.0 Å². The predicted molar refractivity (Wildman–Crippen MR) is 30.9 cm³/mol. The molecule has 0 bridgehead atoms. The van der Waals surface area contributed by atoms with Gasteiger partial charge in [-0.05, 0) is 6.92 Å². The molecule has 0 aliphatic carbocycles. The molecule has 54 valence electrons. The Bertz CT molecular complexity index is 188. The Labute approximate surface area is 56.9 Å². The van der Waals surface area contributed by atoms with Gasteiger partial charge in [-0.2, -0.15) is 0 Å². The van der Waals surface area contributed by atoms with Crippen molar-refractivity contribution in [2.24, 2.45) is 5.92 Å². The fourth-order valence-electron chi connectivity index (χ4n) is 0.417. The minimum Gasteiger partial charge on any atom is -0.480 e. The van der Waals surface area contributed by atoms with E-state index in [9.17, 15) is 9.59 Å². The van der Waals surface area contributed by atoms with Gasteiger partial charge in [0.25, 0.3) is 0 Å². The summed E-state index contributed by atoms with van der Waals surface area (Å²) in [5.41, 5.74) is 6.27. The van der Waals surface area contributed by atoms with E-state index >= 15 is 0 Å². The fourth-order valence-corrected chi connectivity index (χ4v) is 0.417. The van der Waals surface area contributed by atoms with E-state index in [1.807, 2.05) is 0 Å². The molecule has 0 saturated carbocycles. The van der Waals surface area contributed by atoms with E-state index in [1.54, 1.807) is 0 Å². The van der Waals surface area contributed by atoms with Crippen molar-refractivity contribution < 1.29 is 19.5 Å². The number of carbonyl (C=O) groups excluding carboxylic acids is 1. The van der Waals surface area contributed by atoms with E-state index in [4.69, 9.17) is 10.6 Å². The summed E-state index contributed by atoms with van der Waals surface area (Å²) in [7, 11) is 0. The van der Waals surface area contributed by atoms with Crippen LogP contribution >= 0.6 is 0 Å². The zero-order chi connectivity index (χ0) is 8.15. The van der Waals surface area contributed by atoms with Crippen molar-refractivity contribution in [2.75, 3.05) is 0 Å². The van der Waals surface area contributed by atoms with Crippen LogP contribution < -0.4 is 0 Å². The molecule has 1 atom stereocenters. The van der Waals surface area contributed by atoms with Gasteiger partial charge in [0, 0.05) is 4.79 Å². The van der Waals surface area contributed by atoms with Gasteiger partial charge < -0.3 is 5.11 Å². The number of Topliss-reactive ketones (excluding diaryl/α,β-unsaturated/α-hetero) is 1. The molecule has 0 aliphatic rings. The second kappa shape index (κ2) is 3.53. The molecule has 0 radical (unpaired) electrons. The van der Waals surface area contributed by atoms with Crippen LogP contribution in [0.2, 0.25) is 0 Å². The largest absolute Gasteiger partial charge is 0.480 e. The maximum atomic E-state index is 10.4. The number of ketones is 1. The first-order valence-electron chi connectivity index (χ1n) is 2.52. The van der Waals surface area contributed by atoms with Crippen molar-refractivity contribution in [3.05, 3.63) is 0 Å². The van der Waals surface area contributed by atoms with E-state index in [2.05, 4.69) is 4.79 Å². The molecule has 0 amide bonds. The fraction of sp³-hybridized carbons (Fsp3) is 0.400. The lowest BCUT2D eigenvalue weighted by atomic mass is 10.1. The summed E-state index contributed by atoms with van der Waals surface area (Å²) in [5, 5.41) is 8.28. The Hall–Kier alpha value is -1.48. The van der Waals surface area contributed by atoms with E-state index in [-0.39, 0.29) is 0 Å². The maximum absolute atomic E-state index is 10.4. The van der Waals surface area contributed by atoms with Crippen LogP contribution in [0, 0.1) is 11.4 Å². The van der Waals surface area contributed by atoms with Gasteiger partial charge in [0.05, 0.1) is 5.53 Å². The molecule has 1 unspecified atom stereocenters. The first-order chi connectivity index (χ1) is 4.59. The Morgan fingerprint density at radius 1 is 1.70 bits per heavy atom. The molecule has 0 heterocycles. The summed E-state index contributed by atoms with van der Waals surface area (Å²) in [5.74, 6) is -3.07. The zero-order valence-electron chi connectivity index (χ0n) is 5.37. The second-order valence-corrected chi connectivity index (χ2v) is 1.70. The Morgan fingerprint density at radius 3 is 2.30 bits per heavy atom. The molecule has 0 rings (SSSR count). The molecule has 0 fully saturated rings. The van der Waals surface area contributed by atoms with Crippen LogP contribution in [0.4, 0.5) is 0 Å². The number of carboxylic acids is 1. The highest BCUT2D eigenvalue weighted by Gasteiger charge is 2.25. The van der Waals surface area contributed by atoms with Crippen LogP contribution in [0.15, 0.2) is 0 Å². The monoisotopic (exact) mass is 143 g/mol. The summed E-state index contributed by atoms with van der Waals surface area (Å²) in [6.45, 7) is 1.14. The second-order valence-electron chi connectivity index (χ2n) is 1.70. The van der Waals surface area contributed by atoms with Crippen LogP contribution in [-0.2, 0) is 9.59 Å². The van der Waals surface area contributed by atoms with Crippen molar-refractivity contribution in [1.29, 1.82) is 5.53 Å². The minimum absolute atomic E-state index is 0.525. The quantitative estimate of drug-likeness (QED) is 0.243. The van der Waals surface area contributed by atoms with E-state index in [0.717, 1.165) is 13.1 Å². The molecule has 0 aromatic carbocycles. The molecule has 0 aromatic rings. The predicted octanol–water partition coefficient (Wildman–Crippen LogP) is -0.414. The summed E-state index contributed by atoms with van der Waals surface area (Å²) >= 11 is 0. The average Bonchev–Trinajstić information content (AvgIpc) is 1.81. The zero-order valence-corrected chi connectivity index (χ0v) is 5.37. The number of carboxylic acid groups (broad SMARTS) is 1. The van der Waals surface area contributed by atoms with Gasteiger partial charge in [0.1, 0.15) is 0 Å². The van der Waals surface area contributed by atoms with Crippen molar-refractivity contribution in [2.45, 2.75) is 6.92 Å². The van der Waals surface area contributed by atoms with Gasteiger partial charge in [0.15, 0.2) is 5.78 Å². The molecule has 0 spiro atoms. The van der Waals surface area contributed by atoms with Crippen LogP contribution in [0.1, 0.15) is 6.92 Å². The smallest absolute Gasteiger partial charge is 0.328 e. The number of hydrogen-bond donors (Lipinski definition) is 2. The molecule has 0 aliphatic heterocycles. The van der Waals surface area contributed by atoms with Gasteiger partial charge >= 0.3 is 12.2 Å². The van der Waals surface area contributed by atoms with Crippen LogP contribution in [0.3, 0.4) is 0 Å². The lowest BCUT2D eigenvalue weighted by Crippen LogP contribution is -2.22. The molecule has 10 heavy (non-hydrogen) atoms. The highest BCUT2D eigenvalue weighted by molar-refractivity contribution is 6.09. The van der Waals surface area contributed by atoms with Gasteiger partial charge in [0.2, 0.25) is 5.92 Å². The highest BCUT2D eigenvalue weighted by Crippen LogP contribution is 1.91. The van der Waals surface area contributed by atoms with Crippen LogP contribution in [0.5, 0.6) is 0 Å². The lowest BCUT2D eigenvalue weighted by Gasteiger charge is -1.91. The number of carbonyl (C=O) groups is 2. The molecule has 5 heteroatoms. The Balaban J connectivity index is 4.41. The first-order valence-corrected chi connectivity index (χ1v) is 2.52. The third-order valence-corrected chi connectivity index (χ3v) is 0.928. The lowest BCUT2D eigenvalue weighted by molar-refractivity contribution is -0.147. The molecule has 5 nitrogen and oxygen atoms in total. The number of hydrogen-bond acceptors (Lipinski definition) is 3. The third-order valence-electron chi connectivity index (χ3n) is 0.928. The van der Waals surface area contributed by atoms with E-state index in [1.165, 1.54) is 0 Å². The number of nitrogens with zero attached hydrogens (tertiary/aromatic N) is 1. The van der Waals surface area contributed by atoms with E-state index < -0.39 is 17.7 Å². The van der Waals surface area contributed by atoms with Gasteiger partial charge in [-0.1, -0.05) is 0 Å². The van der Waals surface area contributed by atoms with Crippen molar-refractivity contribution in [3.8, 4) is 0 Å². The van der Waals surface area contributed by atoms with Gasteiger partial charge in [-0.3, -0.25) is 9.59 Å². The number of aliphatic carboxylic acids is 1. The topological polar surface area (TPSA) is 92.3 Å². The summed E-state index contributed by atoms with van der Waals surface area (Å²) < 4.78 is 0. The summed E-state index contributed by atoms with van der Waals surface area (Å²) in [4.78, 5) is 23.3. The average molecular weight is 143 g/mol.